The number of aromatic nitrogens is 2. The van der Waals surface area contributed by atoms with Gasteiger partial charge in [-0.3, -0.25) is 9.36 Å². The molecule has 1 aliphatic heterocycles. The maximum atomic E-state index is 13.9. The van der Waals surface area contributed by atoms with Crippen molar-refractivity contribution in [3.05, 3.63) is 32.6 Å². The highest BCUT2D eigenvalue weighted by Crippen LogP contribution is 2.31. The summed E-state index contributed by atoms with van der Waals surface area (Å²) in [6.07, 6.45) is -1.97. The molecule has 134 valence electrons. The number of carbonyl (C=O) groups excluding carboxylic acids is 1. The van der Waals surface area contributed by atoms with Crippen LogP contribution in [0.2, 0.25) is 0 Å². The van der Waals surface area contributed by atoms with Crippen LogP contribution < -0.4 is 11.2 Å². The monoisotopic (exact) mass is 341 g/mol. The molecule has 1 saturated heterocycles. The van der Waals surface area contributed by atoms with Crippen molar-refractivity contribution in [2.45, 2.75) is 71.6 Å². The first-order valence-electron chi connectivity index (χ1n) is 7.92. The zero-order valence-corrected chi connectivity index (χ0v) is 14.5. The van der Waals surface area contributed by atoms with Crippen LogP contribution in [0.4, 0.5) is 9.18 Å². The van der Waals surface area contributed by atoms with Gasteiger partial charge in [0, 0.05) is 18.2 Å². The largest absolute Gasteiger partial charge is 0.443 e. The first kappa shape index (κ1) is 18.4. The van der Waals surface area contributed by atoms with Crippen LogP contribution in [0.25, 0.3) is 0 Å². The molecule has 0 aliphatic carbocycles. The predicted octanol–water partition coefficient (Wildman–Crippen LogP) is 2.14. The number of hydrogen-bond acceptors (Lipinski definition) is 5. The average molecular weight is 341 g/mol. The number of hydrogen-bond donors (Lipinski definition) is 0. The van der Waals surface area contributed by atoms with Crippen LogP contribution in [0, 0.1) is 6.92 Å². The van der Waals surface area contributed by atoms with Gasteiger partial charge >= 0.3 is 11.8 Å². The highest BCUT2D eigenvalue weighted by atomic mass is 18.2. The lowest BCUT2D eigenvalue weighted by Crippen LogP contribution is -2.47. The molecule has 1 aromatic heterocycles. The van der Waals surface area contributed by atoms with Crippen molar-refractivity contribution in [1.82, 2.24) is 9.13 Å². The quantitative estimate of drug-likeness (QED) is 0.823. The highest BCUT2D eigenvalue weighted by Gasteiger charge is 2.36. The molecular weight excluding hydrogens is 318 g/mol. The van der Waals surface area contributed by atoms with Gasteiger partial charge < -0.3 is 9.47 Å². The van der Waals surface area contributed by atoms with Crippen molar-refractivity contribution >= 4 is 6.09 Å². The number of aryl methyl sites for hydroxylation is 1. The molecule has 0 bridgehead atoms. The third-order valence-electron chi connectivity index (χ3n) is 3.74. The minimum atomic E-state index is -1.20. The first-order chi connectivity index (χ1) is 11.0. The van der Waals surface area contributed by atoms with Gasteiger partial charge in [0.25, 0.3) is 5.56 Å². The molecule has 7 nitrogen and oxygen atoms in total. The smallest absolute Gasteiger partial charge is 0.425 e. The molecule has 3 atom stereocenters. The van der Waals surface area contributed by atoms with E-state index >= 15 is 0 Å². The SMILES string of the molecule is CC[C@H]1O[C@@H](n2cc(C)c(=O)n(C(=O)OC(C)(C)C)c2=O)C[C@H]1[18F]. The Morgan fingerprint density at radius 1 is 1.42 bits per heavy atom. The fourth-order valence-corrected chi connectivity index (χ4v) is 2.59. The highest BCUT2D eigenvalue weighted by molar-refractivity contribution is 5.70. The molecule has 0 unspecified atom stereocenters. The zero-order valence-electron chi connectivity index (χ0n) is 14.5. The van der Waals surface area contributed by atoms with E-state index in [2.05, 4.69) is 0 Å². The second kappa shape index (κ2) is 6.51. The molecule has 1 fully saturated rings. The minimum Gasteiger partial charge on any atom is -0.443 e. The maximum absolute atomic E-state index is 13.9. The molecule has 24 heavy (non-hydrogen) atoms. The van der Waals surface area contributed by atoms with Gasteiger partial charge in [-0.2, -0.15) is 4.57 Å². The number of carbonyl (C=O) groups is 1. The zero-order chi connectivity index (χ0) is 18.2. The van der Waals surface area contributed by atoms with E-state index in [1.807, 2.05) is 0 Å². The lowest BCUT2D eigenvalue weighted by atomic mass is 10.1. The third kappa shape index (κ3) is 3.58. The van der Waals surface area contributed by atoms with Crippen LogP contribution >= 0.6 is 0 Å². The minimum absolute atomic E-state index is 0.00955. The molecular formula is C16H23FN2O5. The average Bonchev–Trinajstić information content (AvgIpc) is 2.82. The van der Waals surface area contributed by atoms with Gasteiger partial charge in [-0.05, 0) is 34.1 Å². The molecule has 0 spiro atoms. The molecule has 2 rings (SSSR count). The van der Waals surface area contributed by atoms with E-state index in [0.717, 1.165) is 4.57 Å². The molecule has 0 saturated carbocycles. The number of nitrogens with zero attached hydrogens (tertiary/aromatic N) is 2. The Morgan fingerprint density at radius 2 is 2.04 bits per heavy atom. The van der Waals surface area contributed by atoms with E-state index in [1.54, 1.807) is 27.7 Å². The molecule has 0 amide bonds. The van der Waals surface area contributed by atoms with Gasteiger partial charge in [0.2, 0.25) is 0 Å². The lowest BCUT2D eigenvalue weighted by Gasteiger charge is -2.21. The summed E-state index contributed by atoms with van der Waals surface area (Å²) in [6.45, 7) is 8.14. The first-order valence-corrected chi connectivity index (χ1v) is 7.92. The topological polar surface area (TPSA) is 79.5 Å². The summed E-state index contributed by atoms with van der Waals surface area (Å²) in [5.41, 5.74) is -2.35. The van der Waals surface area contributed by atoms with Crippen LogP contribution in [0.1, 0.15) is 52.3 Å². The Balaban J connectivity index is 2.48. The van der Waals surface area contributed by atoms with E-state index < -0.39 is 41.4 Å². The number of ether oxygens (including phenoxy) is 2. The van der Waals surface area contributed by atoms with E-state index in [4.69, 9.17) is 9.47 Å². The third-order valence-corrected chi connectivity index (χ3v) is 3.74. The normalized spacial score (nSPS) is 24.2. The van der Waals surface area contributed by atoms with Crippen LogP contribution in [-0.4, -0.2) is 33.1 Å². The van der Waals surface area contributed by atoms with Crippen LogP contribution in [0.5, 0.6) is 0 Å². The van der Waals surface area contributed by atoms with Crippen molar-refractivity contribution < 1.29 is 18.7 Å². The van der Waals surface area contributed by atoms with E-state index in [0.29, 0.717) is 11.0 Å². The summed E-state index contributed by atoms with van der Waals surface area (Å²) >= 11 is 0. The predicted molar refractivity (Wildman–Crippen MR) is 85.0 cm³/mol. The number of rotatable bonds is 2. The van der Waals surface area contributed by atoms with E-state index in [-0.39, 0.29) is 12.0 Å². The Bertz CT molecular complexity index is 746. The summed E-state index contributed by atoms with van der Waals surface area (Å²) < 4.78 is 26.1. The van der Waals surface area contributed by atoms with Crippen LogP contribution in [-0.2, 0) is 9.47 Å². The second-order valence-electron chi connectivity index (χ2n) is 6.91. The number of alkyl halides is 1. The summed E-state index contributed by atoms with van der Waals surface area (Å²) in [6, 6.07) is 0. The van der Waals surface area contributed by atoms with E-state index in [1.165, 1.54) is 13.1 Å². The van der Waals surface area contributed by atoms with Crippen LogP contribution in [0.15, 0.2) is 15.8 Å². The van der Waals surface area contributed by atoms with Crippen molar-refractivity contribution in [3.8, 4) is 0 Å². The summed E-state index contributed by atoms with van der Waals surface area (Å²) in [7, 11) is 0. The van der Waals surface area contributed by atoms with Crippen molar-refractivity contribution in [2.24, 2.45) is 0 Å². The fourth-order valence-electron chi connectivity index (χ4n) is 2.59. The van der Waals surface area contributed by atoms with Crippen molar-refractivity contribution in [1.29, 1.82) is 0 Å². The van der Waals surface area contributed by atoms with Crippen molar-refractivity contribution in [3.63, 3.8) is 0 Å². The molecule has 0 aromatic carbocycles. The standard InChI is InChI=1S/C16H23FN2O5/c1-6-11-10(17)7-12(23-11)18-8-9(2)13(20)19(14(18)21)15(22)24-16(3,4)5/h8,10-12H,6-7H2,1-5H3/t10-,11-,12-/m1/s1/i17-1. The van der Waals surface area contributed by atoms with Crippen molar-refractivity contribution in [2.75, 3.05) is 0 Å². The van der Waals surface area contributed by atoms with E-state index in [9.17, 15) is 18.8 Å². The summed E-state index contributed by atoms with van der Waals surface area (Å²) in [5, 5.41) is 0. The van der Waals surface area contributed by atoms with Gasteiger partial charge in [0.1, 0.15) is 18.0 Å². The Hall–Kier alpha value is -1.96. The summed E-state index contributed by atoms with van der Waals surface area (Å²) in [4.78, 5) is 37.0. The molecule has 0 radical (unpaired) electrons. The van der Waals surface area contributed by atoms with Gasteiger partial charge in [-0.15, -0.1) is 0 Å². The molecule has 2 heterocycles. The molecule has 1 aromatic rings. The maximum Gasteiger partial charge on any atom is 0.425 e. The Labute approximate surface area is 139 Å². The Morgan fingerprint density at radius 3 is 2.54 bits per heavy atom. The fraction of sp³-hybridized carbons (Fsp3) is 0.688. The Kier molecular flexibility index (Phi) is 4.98. The molecule has 8 heteroatoms. The second-order valence-corrected chi connectivity index (χ2v) is 6.91. The molecule has 0 N–H and O–H groups in total. The van der Waals surface area contributed by atoms with Gasteiger partial charge in [0.05, 0.1) is 6.10 Å². The van der Waals surface area contributed by atoms with Gasteiger partial charge in [-0.1, -0.05) is 6.92 Å². The van der Waals surface area contributed by atoms with Gasteiger partial charge in [-0.25, -0.2) is 14.0 Å². The van der Waals surface area contributed by atoms with Gasteiger partial charge in [0.15, 0.2) is 0 Å². The summed E-state index contributed by atoms with van der Waals surface area (Å²) in [5.74, 6) is 0. The van der Waals surface area contributed by atoms with Crippen LogP contribution in [0.3, 0.4) is 0 Å². The lowest BCUT2D eigenvalue weighted by molar-refractivity contribution is -0.0127. The number of halogens is 1. The molecule has 1 aliphatic rings.